The zero-order valence-corrected chi connectivity index (χ0v) is 8.48. The fourth-order valence-electron chi connectivity index (χ4n) is 1.09. The van der Waals surface area contributed by atoms with E-state index in [9.17, 15) is 0 Å². The predicted octanol–water partition coefficient (Wildman–Crippen LogP) is 3.14. The number of hydrogen-bond acceptors (Lipinski definition) is 2. The van der Waals surface area contributed by atoms with Crippen molar-refractivity contribution in [2.24, 2.45) is 5.16 Å². The summed E-state index contributed by atoms with van der Waals surface area (Å²) in [4.78, 5) is 0. The van der Waals surface area contributed by atoms with E-state index in [4.69, 9.17) is 16.8 Å². The maximum absolute atomic E-state index is 8.36. The van der Waals surface area contributed by atoms with Gasteiger partial charge < -0.3 is 5.21 Å². The molecule has 74 valence electrons. The number of oxime groups is 1. The second-order valence-electron chi connectivity index (χ2n) is 2.79. The van der Waals surface area contributed by atoms with Crippen LogP contribution in [0.1, 0.15) is 17.5 Å². The summed E-state index contributed by atoms with van der Waals surface area (Å²) in [5, 5.41) is 11.3. The van der Waals surface area contributed by atoms with E-state index in [0.717, 1.165) is 17.5 Å². The molecular formula is C11H12ClNO. The van der Waals surface area contributed by atoms with Gasteiger partial charge in [0.25, 0.3) is 0 Å². The van der Waals surface area contributed by atoms with Crippen molar-refractivity contribution < 1.29 is 5.21 Å². The average molecular weight is 210 g/mol. The van der Waals surface area contributed by atoms with Crippen LogP contribution in [-0.4, -0.2) is 17.3 Å². The van der Waals surface area contributed by atoms with Crippen molar-refractivity contribution in [3.05, 3.63) is 41.5 Å². The summed E-state index contributed by atoms with van der Waals surface area (Å²) in [6.45, 7) is 0. The highest BCUT2D eigenvalue weighted by atomic mass is 35.5. The molecule has 1 rings (SSSR count). The van der Waals surface area contributed by atoms with Gasteiger partial charge in [-0.3, -0.25) is 0 Å². The first-order chi connectivity index (χ1) is 6.86. The molecule has 0 atom stereocenters. The maximum atomic E-state index is 8.36. The molecule has 0 aliphatic carbocycles. The van der Waals surface area contributed by atoms with Crippen LogP contribution in [0.4, 0.5) is 0 Å². The van der Waals surface area contributed by atoms with Gasteiger partial charge in [0.1, 0.15) is 0 Å². The van der Waals surface area contributed by atoms with Crippen molar-refractivity contribution in [1.82, 2.24) is 0 Å². The molecule has 0 unspecified atom stereocenters. The van der Waals surface area contributed by atoms with Crippen molar-refractivity contribution in [3.8, 4) is 0 Å². The Bertz CT molecular complexity index is 334. The molecule has 0 radical (unpaired) electrons. The van der Waals surface area contributed by atoms with Gasteiger partial charge in [0, 0.05) is 5.88 Å². The zero-order chi connectivity index (χ0) is 10.2. The summed E-state index contributed by atoms with van der Waals surface area (Å²) in [6.07, 6.45) is 6.28. The highest BCUT2D eigenvalue weighted by Crippen LogP contribution is 2.06. The molecule has 0 fully saturated rings. The van der Waals surface area contributed by atoms with E-state index in [1.165, 1.54) is 6.21 Å². The second kappa shape index (κ2) is 6.22. The molecule has 0 heterocycles. The normalized spacial score (nSPS) is 11.5. The van der Waals surface area contributed by atoms with E-state index in [0.29, 0.717) is 5.88 Å². The quantitative estimate of drug-likeness (QED) is 0.351. The lowest BCUT2D eigenvalue weighted by molar-refractivity contribution is 0.322. The number of alkyl halides is 1. The van der Waals surface area contributed by atoms with Crippen LogP contribution in [-0.2, 0) is 0 Å². The SMILES string of the molecule is ON=Cc1cccc(C=CCCCl)c1. The Kier molecular flexibility index (Phi) is 4.79. The molecule has 0 spiro atoms. The van der Waals surface area contributed by atoms with Crippen molar-refractivity contribution in [2.45, 2.75) is 6.42 Å². The lowest BCUT2D eigenvalue weighted by Gasteiger charge is -1.95. The van der Waals surface area contributed by atoms with Crippen LogP contribution >= 0.6 is 11.6 Å². The van der Waals surface area contributed by atoms with Crippen LogP contribution in [0, 0.1) is 0 Å². The molecule has 3 heteroatoms. The third-order valence-electron chi connectivity index (χ3n) is 1.70. The first-order valence-electron chi connectivity index (χ1n) is 4.37. The van der Waals surface area contributed by atoms with Gasteiger partial charge in [0.2, 0.25) is 0 Å². The summed E-state index contributed by atoms with van der Waals surface area (Å²) < 4.78 is 0. The van der Waals surface area contributed by atoms with Crippen LogP contribution in [0.3, 0.4) is 0 Å². The van der Waals surface area contributed by atoms with E-state index in [2.05, 4.69) is 5.16 Å². The predicted molar refractivity (Wildman–Crippen MR) is 60.2 cm³/mol. The Balaban J connectivity index is 2.73. The van der Waals surface area contributed by atoms with Crippen LogP contribution in [0.2, 0.25) is 0 Å². The number of nitrogens with zero attached hydrogens (tertiary/aromatic N) is 1. The highest BCUT2D eigenvalue weighted by molar-refractivity contribution is 6.17. The van der Waals surface area contributed by atoms with E-state index in [1.54, 1.807) is 0 Å². The van der Waals surface area contributed by atoms with Gasteiger partial charge in [-0.25, -0.2) is 0 Å². The molecule has 0 bridgehead atoms. The largest absolute Gasteiger partial charge is 0.411 e. The molecule has 0 aliphatic heterocycles. The highest BCUT2D eigenvalue weighted by Gasteiger charge is 1.89. The van der Waals surface area contributed by atoms with E-state index in [1.807, 2.05) is 36.4 Å². The van der Waals surface area contributed by atoms with Crippen LogP contribution < -0.4 is 0 Å². The maximum Gasteiger partial charge on any atom is 0.0734 e. The Morgan fingerprint density at radius 1 is 1.36 bits per heavy atom. The lowest BCUT2D eigenvalue weighted by Crippen LogP contribution is -1.81. The standard InChI is InChI=1S/C11H12ClNO/c12-7-2-1-4-10-5-3-6-11(8-10)9-13-14/h1,3-6,8-9,14H,2,7H2. The van der Waals surface area contributed by atoms with Crippen molar-refractivity contribution >= 4 is 23.9 Å². The van der Waals surface area contributed by atoms with Crippen LogP contribution in [0.25, 0.3) is 6.08 Å². The van der Waals surface area contributed by atoms with Gasteiger partial charge >= 0.3 is 0 Å². The van der Waals surface area contributed by atoms with Gasteiger partial charge in [-0.15, -0.1) is 11.6 Å². The van der Waals surface area contributed by atoms with E-state index >= 15 is 0 Å². The van der Waals surface area contributed by atoms with Crippen LogP contribution in [0.15, 0.2) is 35.5 Å². The molecule has 1 N–H and O–H groups in total. The van der Waals surface area contributed by atoms with Gasteiger partial charge in [0.15, 0.2) is 0 Å². The zero-order valence-electron chi connectivity index (χ0n) is 7.73. The molecule has 2 nitrogen and oxygen atoms in total. The van der Waals surface area contributed by atoms with Gasteiger partial charge in [0.05, 0.1) is 6.21 Å². The van der Waals surface area contributed by atoms with Gasteiger partial charge in [-0.2, -0.15) is 0 Å². The Hall–Kier alpha value is -1.28. The number of halogens is 1. The number of benzene rings is 1. The fraction of sp³-hybridized carbons (Fsp3) is 0.182. The Labute approximate surface area is 88.5 Å². The summed E-state index contributed by atoms with van der Waals surface area (Å²) in [7, 11) is 0. The first-order valence-corrected chi connectivity index (χ1v) is 4.90. The smallest absolute Gasteiger partial charge is 0.0734 e. The number of rotatable bonds is 4. The number of allylic oxidation sites excluding steroid dienone is 1. The average Bonchev–Trinajstić information content (AvgIpc) is 2.19. The van der Waals surface area contributed by atoms with Gasteiger partial charge in [-0.05, 0) is 23.6 Å². The monoisotopic (exact) mass is 209 g/mol. The number of hydrogen-bond donors (Lipinski definition) is 1. The Morgan fingerprint density at radius 3 is 2.86 bits per heavy atom. The summed E-state index contributed by atoms with van der Waals surface area (Å²) >= 11 is 5.54. The molecule has 14 heavy (non-hydrogen) atoms. The van der Waals surface area contributed by atoms with Crippen molar-refractivity contribution in [3.63, 3.8) is 0 Å². The van der Waals surface area contributed by atoms with Crippen molar-refractivity contribution in [2.75, 3.05) is 5.88 Å². The minimum Gasteiger partial charge on any atom is -0.411 e. The summed E-state index contributed by atoms with van der Waals surface area (Å²) in [6, 6.07) is 7.71. The minimum absolute atomic E-state index is 0.633. The molecule has 0 aliphatic rings. The van der Waals surface area contributed by atoms with E-state index in [-0.39, 0.29) is 0 Å². The molecule has 1 aromatic carbocycles. The summed E-state index contributed by atoms with van der Waals surface area (Å²) in [5.41, 5.74) is 1.95. The molecule has 0 aromatic heterocycles. The fourth-order valence-corrected chi connectivity index (χ4v) is 1.22. The molecule has 0 amide bonds. The Morgan fingerprint density at radius 2 is 2.14 bits per heavy atom. The molecular weight excluding hydrogens is 198 g/mol. The van der Waals surface area contributed by atoms with E-state index < -0.39 is 0 Å². The summed E-state index contributed by atoms with van der Waals surface area (Å²) in [5.74, 6) is 0.633. The third kappa shape index (κ3) is 3.62. The minimum atomic E-state index is 0.633. The third-order valence-corrected chi connectivity index (χ3v) is 1.92. The van der Waals surface area contributed by atoms with Crippen LogP contribution in [0.5, 0.6) is 0 Å². The first kappa shape index (κ1) is 10.8. The molecule has 0 saturated carbocycles. The van der Waals surface area contributed by atoms with Gasteiger partial charge in [-0.1, -0.05) is 35.5 Å². The second-order valence-corrected chi connectivity index (χ2v) is 3.17. The molecule has 0 saturated heterocycles. The lowest BCUT2D eigenvalue weighted by atomic mass is 10.1. The topological polar surface area (TPSA) is 32.6 Å². The van der Waals surface area contributed by atoms with Crippen molar-refractivity contribution in [1.29, 1.82) is 0 Å². The molecule has 1 aromatic rings.